The highest BCUT2D eigenvalue weighted by Crippen LogP contribution is 2.18. The molecule has 0 fully saturated rings. The van der Waals surface area contributed by atoms with Crippen molar-refractivity contribution in [3.05, 3.63) is 12.2 Å². The van der Waals surface area contributed by atoms with E-state index in [-0.39, 0.29) is 11.9 Å². The fraction of sp³-hybridized carbons (Fsp3) is 0.667. The van der Waals surface area contributed by atoms with Gasteiger partial charge in [0.05, 0.1) is 11.7 Å². The van der Waals surface area contributed by atoms with Crippen LogP contribution in [0, 0.1) is 5.92 Å². The lowest BCUT2D eigenvalue weighted by Gasteiger charge is -2.11. The topological polar surface area (TPSA) is 66.4 Å². The van der Waals surface area contributed by atoms with E-state index in [1.54, 1.807) is 23.9 Å². The third kappa shape index (κ3) is 5.26. The van der Waals surface area contributed by atoms with Crippen molar-refractivity contribution >= 4 is 23.6 Å². The molecule has 1 rings (SSSR count). The minimum absolute atomic E-state index is 0.00760. The third-order valence-corrected chi connectivity index (χ3v) is 3.67. The van der Waals surface area contributed by atoms with Crippen LogP contribution in [0.15, 0.2) is 12.2 Å². The lowest BCUT2D eigenvalue weighted by Crippen LogP contribution is -2.34. The van der Waals surface area contributed by atoms with Crippen LogP contribution in [-0.4, -0.2) is 34.5 Å². The van der Waals surface area contributed by atoms with Crippen molar-refractivity contribution in [3.63, 3.8) is 0 Å². The number of hydrogen-bond donors (Lipinski definition) is 2. The summed E-state index contributed by atoms with van der Waals surface area (Å²) in [7, 11) is 0. The third-order valence-electron chi connectivity index (χ3n) is 2.62. The van der Waals surface area contributed by atoms with Gasteiger partial charge < -0.3 is 10.4 Å². The van der Waals surface area contributed by atoms with E-state index in [1.165, 1.54) is 0 Å². The molecule has 0 bridgehead atoms. The van der Waals surface area contributed by atoms with E-state index in [1.807, 2.05) is 0 Å². The summed E-state index contributed by atoms with van der Waals surface area (Å²) >= 11 is 1.62. The van der Waals surface area contributed by atoms with Crippen molar-refractivity contribution in [3.8, 4) is 0 Å². The summed E-state index contributed by atoms with van der Waals surface area (Å²) in [6, 6.07) is -0.115. The molecule has 96 valence electrons. The summed E-state index contributed by atoms with van der Waals surface area (Å²) in [4.78, 5) is 22.2. The van der Waals surface area contributed by atoms with Crippen molar-refractivity contribution in [2.24, 2.45) is 5.92 Å². The summed E-state index contributed by atoms with van der Waals surface area (Å²) in [6.45, 7) is 2.12. The number of hydrogen-bond acceptors (Lipinski definition) is 3. The van der Waals surface area contributed by atoms with Gasteiger partial charge in [-0.15, -0.1) is 0 Å². The van der Waals surface area contributed by atoms with E-state index in [0.29, 0.717) is 12.2 Å². The standard InChI is InChI=1S/C12H19NO3S/c1-2-3-6-17-8-11(14)13-10-5-4-9(7-10)12(15)16/h4-5,9-10H,2-3,6-8H2,1H3,(H,13,14)(H,15,16). The number of carboxylic acid groups (broad SMARTS) is 1. The molecule has 1 aliphatic rings. The van der Waals surface area contributed by atoms with Crippen molar-refractivity contribution < 1.29 is 14.7 Å². The van der Waals surface area contributed by atoms with Gasteiger partial charge in [0, 0.05) is 6.04 Å². The molecule has 0 radical (unpaired) electrons. The van der Waals surface area contributed by atoms with Gasteiger partial charge in [0.25, 0.3) is 0 Å². The highest BCUT2D eigenvalue weighted by Gasteiger charge is 2.25. The highest BCUT2D eigenvalue weighted by molar-refractivity contribution is 7.99. The molecule has 2 atom stereocenters. The van der Waals surface area contributed by atoms with Crippen LogP contribution in [0.25, 0.3) is 0 Å². The number of nitrogens with one attached hydrogen (secondary N) is 1. The van der Waals surface area contributed by atoms with Gasteiger partial charge in [-0.25, -0.2) is 0 Å². The van der Waals surface area contributed by atoms with Gasteiger partial charge in [-0.1, -0.05) is 25.5 Å². The first-order valence-corrected chi connectivity index (χ1v) is 7.07. The number of aliphatic carboxylic acids is 1. The Morgan fingerprint density at radius 2 is 2.24 bits per heavy atom. The summed E-state index contributed by atoms with van der Waals surface area (Å²) in [6.07, 6.45) is 6.16. The molecule has 1 amide bonds. The number of rotatable bonds is 7. The first kappa shape index (κ1) is 14.1. The maximum absolute atomic E-state index is 11.5. The molecule has 2 N–H and O–H groups in total. The summed E-state index contributed by atoms with van der Waals surface area (Å²) in [5, 5.41) is 11.6. The zero-order valence-corrected chi connectivity index (χ0v) is 10.8. The van der Waals surface area contributed by atoms with E-state index in [9.17, 15) is 9.59 Å². The number of carboxylic acids is 1. The molecule has 0 heterocycles. The van der Waals surface area contributed by atoms with Crippen LogP contribution in [-0.2, 0) is 9.59 Å². The van der Waals surface area contributed by atoms with Crippen LogP contribution in [0.4, 0.5) is 0 Å². The van der Waals surface area contributed by atoms with Gasteiger partial charge in [-0.2, -0.15) is 11.8 Å². The van der Waals surface area contributed by atoms with Crippen LogP contribution >= 0.6 is 11.8 Å². The predicted octanol–water partition coefficient (Wildman–Crippen LogP) is 1.67. The number of carbonyl (C=O) groups excluding carboxylic acids is 1. The molecular formula is C12H19NO3S. The number of amides is 1. The molecule has 0 aromatic heterocycles. The molecule has 1 aliphatic carbocycles. The van der Waals surface area contributed by atoms with Gasteiger partial charge in [-0.3, -0.25) is 9.59 Å². The minimum Gasteiger partial charge on any atom is -0.481 e. The van der Waals surface area contributed by atoms with Gasteiger partial charge in [0.15, 0.2) is 0 Å². The normalized spacial score (nSPS) is 22.6. The lowest BCUT2D eigenvalue weighted by atomic mass is 10.1. The molecule has 0 saturated carbocycles. The zero-order chi connectivity index (χ0) is 12.7. The van der Waals surface area contributed by atoms with Crippen molar-refractivity contribution in [2.75, 3.05) is 11.5 Å². The molecule has 0 spiro atoms. The Kier molecular flexibility index (Phi) is 6.11. The minimum atomic E-state index is -0.824. The van der Waals surface area contributed by atoms with Crippen LogP contribution in [0.1, 0.15) is 26.2 Å². The second-order valence-corrected chi connectivity index (χ2v) is 5.25. The van der Waals surface area contributed by atoms with Crippen LogP contribution < -0.4 is 5.32 Å². The van der Waals surface area contributed by atoms with Gasteiger partial charge in [0.2, 0.25) is 5.91 Å². The molecule has 17 heavy (non-hydrogen) atoms. The van der Waals surface area contributed by atoms with Gasteiger partial charge in [-0.05, 0) is 18.6 Å². The average molecular weight is 257 g/mol. The van der Waals surface area contributed by atoms with E-state index in [0.717, 1.165) is 18.6 Å². The largest absolute Gasteiger partial charge is 0.481 e. The Morgan fingerprint density at radius 1 is 1.47 bits per heavy atom. The van der Waals surface area contributed by atoms with Crippen molar-refractivity contribution in [2.45, 2.75) is 32.2 Å². The van der Waals surface area contributed by atoms with E-state index in [2.05, 4.69) is 12.2 Å². The van der Waals surface area contributed by atoms with E-state index in [4.69, 9.17) is 5.11 Å². The first-order valence-electron chi connectivity index (χ1n) is 5.91. The van der Waals surface area contributed by atoms with Gasteiger partial charge >= 0.3 is 5.97 Å². The Labute approximate surface area is 106 Å². The van der Waals surface area contributed by atoms with Crippen LogP contribution in [0.2, 0.25) is 0 Å². The second kappa shape index (κ2) is 7.37. The number of carbonyl (C=O) groups is 2. The highest BCUT2D eigenvalue weighted by atomic mass is 32.2. The maximum Gasteiger partial charge on any atom is 0.310 e. The Morgan fingerprint density at radius 3 is 2.82 bits per heavy atom. The van der Waals surface area contributed by atoms with E-state index >= 15 is 0 Å². The monoisotopic (exact) mass is 257 g/mol. The molecule has 0 aromatic rings. The fourth-order valence-corrected chi connectivity index (χ4v) is 2.55. The Balaban J connectivity index is 2.16. The molecule has 2 unspecified atom stereocenters. The van der Waals surface area contributed by atoms with Crippen LogP contribution in [0.5, 0.6) is 0 Å². The lowest BCUT2D eigenvalue weighted by molar-refractivity contribution is -0.140. The maximum atomic E-state index is 11.5. The number of unbranched alkanes of at least 4 members (excludes halogenated alkanes) is 1. The summed E-state index contributed by atoms with van der Waals surface area (Å²) in [5.74, 6) is 0.180. The van der Waals surface area contributed by atoms with Crippen molar-refractivity contribution in [1.29, 1.82) is 0 Å². The predicted molar refractivity (Wildman–Crippen MR) is 69.0 cm³/mol. The van der Waals surface area contributed by atoms with Crippen molar-refractivity contribution in [1.82, 2.24) is 5.32 Å². The molecule has 5 heteroatoms. The molecule has 0 aromatic carbocycles. The SMILES string of the molecule is CCCCSCC(=O)NC1C=CC(C(=O)O)C1. The summed E-state index contributed by atoms with van der Waals surface area (Å²) < 4.78 is 0. The molecule has 4 nitrogen and oxygen atoms in total. The summed E-state index contributed by atoms with van der Waals surface area (Å²) in [5.41, 5.74) is 0. The van der Waals surface area contributed by atoms with Crippen LogP contribution in [0.3, 0.4) is 0 Å². The quantitative estimate of drug-likeness (QED) is 0.538. The number of thioether (sulfide) groups is 1. The smallest absolute Gasteiger partial charge is 0.310 e. The van der Waals surface area contributed by atoms with E-state index < -0.39 is 11.9 Å². The van der Waals surface area contributed by atoms with Gasteiger partial charge in [0.1, 0.15) is 0 Å². The fourth-order valence-electron chi connectivity index (χ4n) is 1.65. The average Bonchev–Trinajstić information content (AvgIpc) is 2.73. The zero-order valence-electron chi connectivity index (χ0n) is 10.0. The Hall–Kier alpha value is -0.970. The molecule has 0 aliphatic heterocycles. The molecule has 0 saturated heterocycles. The molecular weight excluding hydrogens is 238 g/mol. The second-order valence-electron chi connectivity index (χ2n) is 4.15. The Bertz CT molecular complexity index is 304. The first-order chi connectivity index (χ1) is 8.13.